The van der Waals surface area contributed by atoms with Crippen molar-refractivity contribution >= 4 is 23.5 Å². The van der Waals surface area contributed by atoms with Crippen LogP contribution in [0.15, 0.2) is 47.6 Å². The van der Waals surface area contributed by atoms with E-state index < -0.39 is 5.97 Å². The first kappa shape index (κ1) is 21.8. The van der Waals surface area contributed by atoms with Crippen LogP contribution in [-0.2, 0) is 6.42 Å². The Balaban J connectivity index is 1.47. The van der Waals surface area contributed by atoms with Crippen LogP contribution in [0.2, 0.25) is 0 Å². The van der Waals surface area contributed by atoms with Gasteiger partial charge in [0.2, 0.25) is 0 Å². The summed E-state index contributed by atoms with van der Waals surface area (Å²) in [6.07, 6.45) is 4.04. The third-order valence-corrected chi connectivity index (χ3v) is 5.82. The molecule has 0 unspecified atom stereocenters. The van der Waals surface area contributed by atoms with E-state index in [4.69, 9.17) is 14.2 Å². The van der Waals surface area contributed by atoms with Gasteiger partial charge in [0.25, 0.3) is 0 Å². The zero-order valence-corrected chi connectivity index (χ0v) is 18.6. The minimum absolute atomic E-state index is 0.280. The lowest BCUT2D eigenvalue weighted by molar-refractivity contribution is 0.0693. The van der Waals surface area contributed by atoms with Crippen LogP contribution >= 0.6 is 11.8 Å². The number of methoxy groups -OCH3 is 1. The summed E-state index contributed by atoms with van der Waals surface area (Å²) in [6, 6.07) is 10.9. The number of carboxylic acids is 1. The molecule has 0 saturated carbocycles. The second kappa shape index (κ2) is 9.78. The van der Waals surface area contributed by atoms with E-state index in [0.29, 0.717) is 48.3 Å². The molecule has 0 saturated heterocycles. The van der Waals surface area contributed by atoms with Gasteiger partial charge in [-0.3, -0.25) is 0 Å². The van der Waals surface area contributed by atoms with Crippen LogP contribution < -0.4 is 19.5 Å². The van der Waals surface area contributed by atoms with Crippen LogP contribution in [0.5, 0.6) is 17.2 Å². The predicted molar refractivity (Wildman–Crippen MR) is 122 cm³/mol. The van der Waals surface area contributed by atoms with Gasteiger partial charge < -0.3 is 24.6 Å². The SMILES string of the molecule is COc1cc2c(cc1CCNc1cc(-c3ccc(C(=O)O)c(SC)c3)ncn1)OCCO2. The number of nitrogens with one attached hydrogen (secondary N) is 1. The van der Waals surface area contributed by atoms with Gasteiger partial charge in [-0.15, -0.1) is 11.8 Å². The molecular weight excluding hydrogens is 430 g/mol. The van der Waals surface area contributed by atoms with Crippen molar-refractivity contribution in [2.24, 2.45) is 0 Å². The number of aromatic carboxylic acids is 1. The number of ether oxygens (including phenoxy) is 3. The number of fused-ring (bicyclic) bond motifs is 1. The zero-order valence-electron chi connectivity index (χ0n) is 17.8. The van der Waals surface area contributed by atoms with Crippen LogP contribution in [-0.4, -0.2) is 54.2 Å². The Morgan fingerprint density at radius 1 is 1.16 bits per heavy atom. The van der Waals surface area contributed by atoms with Crippen LogP contribution in [0.4, 0.5) is 5.82 Å². The van der Waals surface area contributed by atoms with Gasteiger partial charge in [0, 0.05) is 29.1 Å². The van der Waals surface area contributed by atoms with Gasteiger partial charge in [-0.2, -0.15) is 0 Å². The predicted octanol–water partition coefficient (Wildman–Crippen LogP) is 4.00. The van der Waals surface area contributed by atoms with Crippen molar-refractivity contribution in [3.05, 3.63) is 53.9 Å². The van der Waals surface area contributed by atoms with Gasteiger partial charge in [-0.1, -0.05) is 6.07 Å². The molecule has 2 N–H and O–H groups in total. The maximum Gasteiger partial charge on any atom is 0.336 e. The Morgan fingerprint density at radius 2 is 1.94 bits per heavy atom. The third-order valence-electron chi connectivity index (χ3n) is 5.04. The molecule has 0 radical (unpaired) electrons. The molecule has 1 aliphatic rings. The molecular formula is C23H23N3O5S. The second-order valence-corrected chi connectivity index (χ2v) is 7.84. The largest absolute Gasteiger partial charge is 0.496 e. The molecule has 0 fully saturated rings. The number of rotatable bonds is 8. The lowest BCUT2D eigenvalue weighted by Gasteiger charge is -2.20. The number of nitrogens with zero attached hydrogens (tertiary/aromatic N) is 2. The number of hydrogen-bond acceptors (Lipinski definition) is 8. The fraction of sp³-hybridized carbons (Fsp3) is 0.261. The first-order chi connectivity index (χ1) is 15.6. The van der Waals surface area contributed by atoms with E-state index in [1.807, 2.05) is 30.5 Å². The summed E-state index contributed by atoms with van der Waals surface area (Å²) in [5.41, 5.74) is 2.83. The van der Waals surface area contributed by atoms with Crippen molar-refractivity contribution in [2.75, 3.05) is 38.4 Å². The van der Waals surface area contributed by atoms with E-state index in [2.05, 4.69) is 15.3 Å². The molecule has 1 aliphatic heterocycles. The van der Waals surface area contributed by atoms with Gasteiger partial charge in [0.05, 0.1) is 18.4 Å². The molecule has 0 atom stereocenters. The molecule has 0 amide bonds. The van der Waals surface area contributed by atoms with Gasteiger partial charge in [0.1, 0.15) is 31.1 Å². The van der Waals surface area contributed by atoms with Crippen LogP contribution in [0.1, 0.15) is 15.9 Å². The first-order valence-electron chi connectivity index (χ1n) is 10.0. The summed E-state index contributed by atoms with van der Waals surface area (Å²) in [5.74, 6) is 1.91. The second-order valence-electron chi connectivity index (χ2n) is 6.99. The van der Waals surface area contributed by atoms with Crippen molar-refractivity contribution in [1.29, 1.82) is 0 Å². The molecule has 0 aliphatic carbocycles. The monoisotopic (exact) mass is 453 g/mol. The highest BCUT2D eigenvalue weighted by atomic mass is 32.2. The number of carbonyl (C=O) groups is 1. The number of carboxylic acid groups (broad SMARTS) is 1. The smallest absolute Gasteiger partial charge is 0.336 e. The number of aromatic nitrogens is 2. The summed E-state index contributed by atoms with van der Waals surface area (Å²) in [4.78, 5) is 20.7. The van der Waals surface area contributed by atoms with E-state index in [0.717, 1.165) is 22.6 Å². The van der Waals surface area contributed by atoms with Crippen molar-refractivity contribution in [2.45, 2.75) is 11.3 Å². The summed E-state index contributed by atoms with van der Waals surface area (Å²) >= 11 is 1.39. The molecule has 1 aromatic heterocycles. The quantitative estimate of drug-likeness (QED) is 0.490. The highest BCUT2D eigenvalue weighted by Gasteiger charge is 2.16. The van der Waals surface area contributed by atoms with Crippen molar-refractivity contribution < 1.29 is 24.1 Å². The Kier molecular flexibility index (Phi) is 6.65. The lowest BCUT2D eigenvalue weighted by atomic mass is 10.1. The highest BCUT2D eigenvalue weighted by Crippen LogP contribution is 2.37. The third kappa shape index (κ3) is 4.72. The Labute approximate surface area is 190 Å². The number of thioether (sulfide) groups is 1. The van der Waals surface area contributed by atoms with Gasteiger partial charge >= 0.3 is 5.97 Å². The highest BCUT2D eigenvalue weighted by molar-refractivity contribution is 7.98. The molecule has 0 spiro atoms. The van der Waals surface area contributed by atoms with E-state index in [9.17, 15) is 9.90 Å². The van der Waals surface area contributed by atoms with Crippen molar-refractivity contribution in [3.8, 4) is 28.5 Å². The molecule has 32 heavy (non-hydrogen) atoms. The van der Waals surface area contributed by atoms with Gasteiger partial charge in [0.15, 0.2) is 11.5 Å². The van der Waals surface area contributed by atoms with E-state index in [1.165, 1.54) is 18.1 Å². The standard InChI is InChI=1S/C23H23N3O5S/c1-29-18-12-20-19(30-7-8-31-20)9-15(18)5-6-24-22-11-17(25-13-26-22)14-3-4-16(23(27)28)21(10-14)32-2/h3-4,9-13H,5-8H2,1-2H3,(H,27,28)(H,24,25,26). The molecule has 0 bridgehead atoms. The first-order valence-corrected chi connectivity index (χ1v) is 11.3. The molecule has 3 aromatic rings. The maximum absolute atomic E-state index is 11.4. The average molecular weight is 454 g/mol. The average Bonchev–Trinajstić information content (AvgIpc) is 2.83. The Bertz CT molecular complexity index is 1140. The number of hydrogen-bond donors (Lipinski definition) is 2. The minimum atomic E-state index is -0.944. The minimum Gasteiger partial charge on any atom is -0.496 e. The summed E-state index contributed by atoms with van der Waals surface area (Å²) in [7, 11) is 1.64. The number of benzene rings is 2. The van der Waals surface area contributed by atoms with Crippen LogP contribution in [0, 0.1) is 0 Å². The van der Waals surface area contributed by atoms with Crippen LogP contribution in [0.25, 0.3) is 11.3 Å². The van der Waals surface area contributed by atoms with E-state index >= 15 is 0 Å². The summed E-state index contributed by atoms with van der Waals surface area (Å²) < 4.78 is 16.8. The summed E-state index contributed by atoms with van der Waals surface area (Å²) in [5, 5.41) is 12.6. The van der Waals surface area contributed by atoms with Crippen LogP contribution in [0.3, 0.4) is 0 Å². The van der Waals surface area contributed by atoms with E-state index in [-0.39, 0.29) is 5.56 Å². The molecule has 9 heteroatoms. The Morgan fingerprint density at radius 3 is 2.66 bits per heavy atom. The normalized spacial score (nSPS) is 12.3. The maximum atomic E-state index is 11.4. The van der Waals surface area contributed by atoms with Gasteiger partial charge in [-0.05, 0) is 36.4 Å². The number of anilines is 1. The van der Waals surface area contributed by atoms with Crippen molar-refractivity contribution in [3.63, 3.8) is 0 Å². The molecule has 2 aromatic carbocycles. The summed E-state index contributed by atoms with van der Waals surface area (Å²) in [6.45, 7) is 1.69. The Hall–Kier alpha value is -3.46. The van der Waals surface area contributed by atoms with Gasteiger partial charge in [-0.25, -0.2) is 14.8 Å². The lowest BCUT2D eigenvalue weighted by Crippen LogP contribution is -2.16. The molecule has 4 rings (SSSR count). The fourth-order valence-corrected chi connectivity index (χ4v) is 4.08. The molecule has 166 valence electrons. The van der Waals surface area contributed by atoms with Crippen molar-refractivity contribution in [1.82, 2.24) is 9.97 Å². The van der Waals surface area contributed by atoms with E-state index in [1.54, 1.807) is 19.2 Å². The molecule has 8 nitrogen and oxygen atoms in total. The molecule has 2 heterocycles. The fourth-order valence-electron chi connectivity index (χ4n) is 3.46. The topological polar surface area (TPSA) is 103 Å². The zero-order chi connectivity index (χ0) is 22.5.